The summed E-state index contributed by atoms with van der Waals surface area (Å²) in [5.41, 5.74) is -0.434. The van der Waals surface area contributed by atoms with Gasteiger partial charge in [-0.1, -0.05) is 23.4 Å². The SMILES string of the molecule is COc1cc(NC(=O)C(C)Sc2nnc3c(Cl)cc(C(F)(F)F)cn23)cc(OC)c1. The molecule has 1 unspecified atom stereocenters. The zero-order valence-electron chi connectivity index (χ0n) is 16.0. The lowest BCUT2D eigenvalue weighted by Crippen LogP contribution is -2.22. The fourth-order valence-corrected chi connectivity index (χ4v) is 3.57. The van der Waals surface area contributed by atoms with Crippen LogP contribution in [0.4, 0.5) is 18.9 Å². The van der Waals surface area contributed by atoms with E-state index in [1.807, 2.05) is 0 Å². The number of methoxy groups -OCH3 is 2. The monoisotopic (exact) mass is 460 g/mol. The molecule has 2 heterocycles. The van der Waals surface area contributed by atoms with Gasteiger partial charge in [-0.2, -0.15) is 13.2 Å². The van der Waals surface area contributed by atoms with Crippen LogP contribution in [0.2, 0.25) is 5.02 Å². The minimum Gasteiger partial charge on any atom is -0.497 e. The summed E-state index contributed by atoms with van der Waals surface area (Å²) >= 11 is 6.85. The minimum atomic E-state index is -4.58. The average Bonchev–Trinajstić information content (AvgIpc) is 3.10. The first-order chi connectivity index (χ1) is 14.1. The second kappa shape index (κ2) is 8.60. The maximum absolute atomic E-state index is 13.1. The van der Waals surface area contributed by atoms with E-state index >= 15 is 0 Å². The highest BCUT2D eigenvalue weighted by Gasteiger charge is 2.32. The van der Waals surface area contributed by atoms with Crippen LogP contribution in [0.5, 0.6) is 11.5 Å². The lowest BCUT2D eigenvalue weighted by molar-refractivity contribution is -0.137. The molecule has 1 atom stereocenters. The number of rotatable bonds is 6. The first-order valence-electron chi connectivity index (χ1n) is 8.44. The van der Waals surface area contributed by atoms with E-state index in [2.05, 4.69) is 15.5 Å². The van der Waals surface area contributed by atoms with Crippen LogP contribution in [0.1, 0.15) is 12.5 Å². The van der Waals surface area contributed by atoms with Crippen LogP contribution < -0.4 is 14.8 Å². The van der Waals surface area contributed by atoms with Crippen LogP contribution in [-0.2, 0) is 11.0 Å². The van der Waals surface area contributed by atoms with Crippen molar-refractivity contribution in [1.82, 2.24) is 14.6 Å². The van der Waals surface area contributed by atoms with Gasteiger partial charge in [-0.05, 0) is 13.0 Å². The van der Waals surface area contributed by atoms with Gasteiger partial charge in [0.15, 0.2) is 10.8 Å². The maximum Gasteiger partial charge on any atom is 0.417 e. The molecule has 0 aliphatic rings. The van der Waals surface area contributed by atoms with Gasteiger partial charge < -0.3 is 14.8 Å². The molecular weight excluding hydrogens is 445 g/mol. The number of alkyl halides is 3. The van der Waals surface area contributed by atoms with Gasteiger partial charge in [0.2, 0.25) is 5.91 Å². The van der Waals surface area contributed by atoms with Crippen molar-refractivity contribution in [3.05, 3.63) is 41.0 Å². The van der Waals surface area contributed by atoms with E-state index in [0.29, 0.717) is 17.2 Å². The molecular formula is C18H16ClF3N4O3S. The van der Waals surface area contributed by atoms with E-state index in [0.717, 1.165) is 28.4 Å². The average molecular weight is 461 g/mol. The van der Waals surface area contributed by atoms with Gasteiger partial charge in [-0.15, -0.1) is 10.2 Å². The van der Waals surface area contributed by atoms with Crippen LogP contribution in [0.15, 0.2) is 35.6 Å². The van der Waals surface area contributed by atoms with E-state index < -0.39 is 22.9 Å². The van der Waals surface area contributed by atoms with E-state index in [9.17, 15) is 18.0 Å². The maximum atomic E-state index is 13.1. The quantitative estimate of drug-likeness (QED) is 0.544. The van der Waals surface area contributed by atoms with E-state index in [1.165, 1.54) is 14.2 Å². The first-order valence-corrected chi connectivity index (χ1v) is 9.70. The summed E-state index contributed by atoms with van der Waals surface area (Å²) in [7, 11) is 2.96. The van der Waals surface area contributed by atoms with Crippen LogP contribution in [0.3, 0.4) is 0 Å². The smallest absolute Gasteiger partial charge is 0.417 e. The van der Waals surface area contributed by atoms with Crippen molar-refractivity contribution >= 4 is 40.6 Å². The summed E-state index contributed by atoms with van der Waals surface area (Å²) in [4.78, 5) is 12.6. The molecule has 0 bridgehead atoms. The predicted molar refractivity (Wildman–Crippen MR) is 106 cm³/mol. The number of aromatic nitrogens is 3. The Kier molecular flexibility index (Phi) is 6.32. The minimum absolute atomic E-state index is 0.0670. The van der Waals surface area contributed by atoms with E-state index in [1.54, 1.807) is 25.1 Å². The van der Waals surface area contributed by atoms with Crippen molar-refractivity contribution in [2.45, 2.75) is 23.5 Å². The topological polar surface area (TPSA) is 77.8 Å². The molecule has 1 N–H and O–H groups in total. The Morgan fingerprint density at radius 3 is 2.37 bits per heavy atom. The normalized spacial score (nSPS) is 12.6. The number of benzene rings is 1. The standard InChI is InChI=1S/C18H16ClF3N4O3S/c1-9(16(27)23-11-5-12(28-2)7-13(6-11)29-3)30-17-25-24-15-14(19)4-10(8-26(15)17)18(20,21)22/h4-9H,1-3H3,(H,23,27). The number of hydrogen-bond acceptors (Lipinski definition) is 6. The lowest BCUT2D eigenvalue weighted by Gasteiger charge is -2.13. The number of fused-ring (bicyclic) bond motifs is 1. The molecule has 0 saturated carbocycles. The number of anilines is 1. The molecule has 30 heavy (non-hydrogen) atoms. The van der Waals surface area contributed by atoms with Crippen molar-refractivity contribution in [2.24, 2.45) is 0 Å². The highest BCUT2D eigenvalue weighted by atomic mass is 35.5. The third-order valence-electron chi connectivity index (χ3n) is 4.03. The molecule has 1 amide bonds. The number of nitrogens with zero attached hydrogens (tertiary/aromatic N) is 3. The molecule has 12 heteroatoms. The van der Waals surface area contributed by atoms with Gasteiger partial charge in [0.25, 0.3) is 0 Å². The number of nitrogens with one attached hydrogen (secondary N) is 1. The van der Waals surface area contributed by atoms with Gasteiger partial charge in [0.05, 0.1) is 30.1 Å². The molecule has 2 aromatic heterocycles. The summed E-state index contributed by atoms with van der Waals surface area (Å²) in [6, 6.07) is 5.66. The number of ether oxygens (including phenoxy) is 2. The predicted octanol–water partition coefficient (Wildman–Crippen LogP) is 4.54. The number of halogens is 4. The Hall–Kier alpha value is -2.66. The zero-order valence-corrected chi connectivity index (χ0v) is 17.5. The molecule has 0 spiro atoms. The molecule has 3 rings (SSSR count). The Labute approximate surface area is 178 Å². The fourth-order valence-electron chi connectivity index (χ4n) is 2.50. The van der Waals surface area contributed by atoms with Gasteiger partial charge in [-0.3, -0.25) is 9.20 Å². The Bertz CT molecular complexity index is 1070. The molecule has 1 aromatic carbocycles. The number of carbonyl (C=O) groups is 1. The lowest BCUT2D eigenvalue weighted by atomic mass is 10.2. The zero-order chi connectivity index (χ0) is 22.1. The number of amides is 1. The second-order valence-corrected chi connectivity index (χ2v) is 7.82. The highest BCUT2D eigenvalue weighted by molar-refractivity contribution is 8.00. The number of pyridine rings is 1. The fraction of sp³-hybridized carbons (Fsp3) is 0.278. The Morgan fingerprint density at radius 2 is 1.80 bits per heavy atom. The number of thioether (sulfide) groups is 1. The van der Waals surface area contributed by atoms with Crippen molar-refractivity contribution in [1.29, 1.82) is 0 Å². The summed E-state index contributed by atoms with van der Waals surface area (Å²) in [6.07, 6.45) is -3.74. The largest absolute Gasteiger partial charge is 0.497 e. The van der Waals surface area contributed by atoms with Crippen LogP contribution in [0, 0.1) is 0 Å². The Morgan fingerprint density at radius 1 is 1.17 bits per heavy atom. The van der Waals surface area contributed by atoms with Crippen LogP contribution in [-0.4, -0.2) is 40.0 Å². The van der Waals surface area contributed by atoms with Gasteiger partial charge >= 0.3 is 6.18 Å². The van der Waals surface area contributed by atoms with Gasteiger partial charge in [0.1, 0.15) is 11.5 Å². The molecule has 0 radical (unpaired) electrons. The van der Waals surface area contributed by atoms with Crippen molar-refractivity contribution in [3.63, 3.8) is 0 Å². The van der Waals surface area contributed by atoms with Crippen LogP contribution >= 0.6 is 23.4 Å². The second-order valence-electron chi connectivity index (χ2n) is 6.10. The third-order valence-corrected chi connectivity index (χ3v) is 5.36. The molecule has 3 aromatic rings. The summed E-state index contributed by atoms with van der Waals surface area (Å²) in [5.74, 6) is 0.579. The van der Waals surface area contributed by atoms with Crippen molar-refractivity contribution in [3.8, 4) is 11.5 Å². The number of hydrogen-bond donors (Lipinski definition) is 1. The highest BCUT2D eigenvalue weighted by Crippen LogP contribution is 2.34. The van der Waals surface area contributed by atoms with Gasteiger partial charge in [0, 0.05) is 30.1 Å². The molecule has 160 valence electrons. The van der Waals surface area contributed by atoms with E-state index in [4.69, 9.17) is 21.1 Å². The molecule has 0 fully saturated rings. The molecule has 0 aliphatic heterocycles. The molecule has 7 nitrogen and oxygen atoms in total. The number of carbonyl (C=O) groups excluding carboxylic acids is 1. The molecule has 0 aliphatic carbocycles. The van der Waals surface area contributed by atoms with Crippen molar-refractivity contribution in [2.75, 3.05) is 19.5 Å². The van der Waals surface area contributed by atoms with Crippen LogP contribution in [0.25, 0.3) is 5.65 Å². The summed E-state index contributed by atoms with van der Waals surface area (Å²) in [6.45, 7) is 1.59. The molecule has 0 saturated heterocycles. The third kappa shape index (κ3) is 4.73. The summed E-state index contributed by atoms with van der Waals surface area (Å²) in [5, 5.41) is 9.60. The summed E-state index contributed by atoms with van der Waals surface area (Å²) < 4.78 is 50.7. The van der Waals surface area contributed by atoms with Crippen molar-refractivity contribution < 1.29 is 27.4 Å². The first kappa shape index (κ1) is 22.0. The Balaban J connectivity index is 1.82. The van der Waals surface area contributed by atoms with E-state index in [-0.39, 0.29) is 15.8 Å². The van der Waals surface area contributed by atoms with Gasteiger partial charge in [-0.25, -0.2) is 0 Å².